The minimum atomic E-state index is -0.0939. The number of rotatable bonds is 5. The Morgan fingerprint density at radius 3 is 2.66 bits per heavy atom. The Morgan fingerprint density at radius 1 is 1.10 bits per heavy atom. The molecule has 1 aliphatic carbocycles. The third kappa shape index (κ3) is 3.76. The van der Waals surface area contributed by atoms with Crippen LogP contribution >= 0.6 is 11.6 Å². The van der Waals surface area contributed by atoms with Crippen molar-refractivity contribution < 1.29 is 4.79 Å². The van der Waals surface area contributed by atoms with Crippen LogP contribution in [0, 0.1) is 6.42 Å². The lowest BCUT2D eigenvalue weighted by atomic mass is 10.1. The van der Waals surface area contributed by atoms with Gasteiger partial charge in [-0.1, -0.05) is 48.0 Å². The zero-order chi connectivity index (χ0) is 19.8. The number of nitrogens with one attached hydrogen (secondary N) is 1. The van der Waals surface area contributed by atoms with Crippen LogP contribution in [0.3, 0.4) is 0 Å². The van der Waals surface area contributed by atoms with Crippen LogP contribution in [0.15, 0.2) is 73.1 Å². The molecule has 1 unspecified atom stereocenters. The van der Waals surface area contributed by atoms with Crippen molar-refractivity contribution in [1.29, 1.82) is 0 Å². The van der Waals surface area contributed by atoms with Gasteiger partial charge in [0.1, 0.15) is 0 Å². The van der Waals surface area contributed by atoms with Gasteiger partial charge in [-0.2, -0.15) is 0 Å². The molecule has 1 N–H and O–H groups in total. The lowest BCUT2D eigenvalue weighted by Crippen LogP contribution is -2.26. The topological polar surface area (TPSA) is 46.9 Å². The molecule has 143 valence electrons. The Kier molecular flexibility index (Phi) is 4.57. The molecule has 0 saturated heterocycles. The van der Waals surface area contributed by atoms with Crippen molar-refractivity contribution in [2.45, 2.75) is 19.0 Å². The second kappa shape index (κ2) is 7.37. The highest BCUT2D eigenvalue weighted by Crippen LogP contribution is 2.27. The predicted molar refractivity (Wildman–Crippen MR) is 116 cm³/mol. The molecule has 29 heavy (non-hydrogen) atoms. The number of fused-ring (bicyclic) bond motifs is 1. The fourth-order valence-electron chi connectivity index (χ4n) is 3.54. The molecule has 4 aromatic rings. The number of carbonyl (C=O) groups excluding carboxylic acids is 1. The molecule has 4 nitrogen and oxygen atoms in total. The third-order valence-corrected chi connectivity index (χ3v) is 5.34. The van der Waals surface area contributed by atoms with E-state index in [0.29, 0.717) is 17.1 Å². The smallest absolute Gasteiger partial charge is 0.253 e. The molecular weight excluding hydrogens is 382 g/mol. The van der Waals surface area contributed by atoms with Crippen LogP contribution < -0.4 is 5.32 Å². The van der Waals surface area contributed by atoms with E-state index in [2.05, 4.69) is 39.5 Å². The minimum absolute atomic E-state index is 0.0939. The zero-order valence-corrected chi connectivity index (χ0v) is 16.4. The minimum Gasteiger partial charge on any atom is -0.349 e. The summed E-state index contributed by atoms with van der Waals surface area (Å²) in [6.07, 6.45) is 6.86. The quantitative estimate of drug-likeness (QED) is 0.506. The summed E-state index contributed by atoms with van der Waals surface area (Å²) in [5.41, 5.74) is 4.63. The summed E-state index contributed by atoms with van der Waals surface area (Å²) in [5.74, 6) is -0.0939. The summed E-state index contributed by atoms with van der Waals surface area (Å²) in [6.45, 7) is 0.579. The van der Waals surface area contributed by atoms with Crippen molar-refractivity contribution in [2.24, 2.45) is 0 Å². The monoisotopic (exact) mass is 400 g/mol. The van der Waals surface area contributed by atoms with E-state index < -0.39 is 0 Å². The second-order valence-electron chi connectivity index (χ2n) is 7.29. The first-order valence-corrected chi connectivity index (χ1v) is 9.98. The van der Waals surface area contributed by atoms with Crippen molar-refractivity contribution in [2.75, 3.05) is 0 Å². The Morgan fingerprint density at radius 2 is 1.93 bits per heavy atom. The summed E-state index contributed by atoms with van der Waals surface area (Å²) in [6, 6.07) is 20.1. The summed E-state index contributed by atoms with van der Waals surface area (Å²) >= 11 is 6.26. The number of amides is 1. The van der Waals surface area contributed by atoms with Gasteiger partial charge in [0, 0.05) is 34.4 Å². The van der Waals surface area contributed by atoms with Gasteiger partial charge in [-0.05, 0) is 42.7 Å². The van der Waals surface area contributed by atoms with Crippen LogP contribution in [0.25, 0.3) is 22.0 Å². The van der Waals surface area contributed by atoms with Crippen molar-refractivity contribution >= 4 is 28.4 Å². The van der Waals surface area contributed by atoms with Crippen LogP contribution in [0.5, 0.6) is 0 Å². The molecule has 0 bridgehead atoms. The number of hydrogen-bond donors (Lipinski definition) is 1. The SMILES string of the molecule is O=C(NC1[CH]C1)c1cc(Cl)cc2ccn(Cc3ccc(-c4ccccc4)cn3)c12. The molecule has 1 amide bonds. The lowest BCUT2D eigenvalue weighted by Gasteiger charge is -2.11. The first-order valence-electron chi connectivity index (χ1n) is 9.60. The number of hydrogen-bond acceptors (Lipinski definition) is 2. The molecule has 1 atom stereocenters. The van der Waals surface area contributed by atoms with Crippen molar-refractivity contribution in [1.82, 2.24) is 14.9 Å². The average molecular weight is 401 g/mol. The number of carbonyl (C=O) groups is 1. The third-order valence-electron chi connectivity index (χ3n) is 5.12. The van der Waals surface area contributed by atoms with Crippen LogP contribution in [0.4, 0.5) is 0 Å². The summed E-state index contributed by atoms with van der Waals surface area (Å²) < 4.78 is 2.06. The van der Waals surface area contributed by atoms with E-state index >= 15 is 0 Å². The van der Waals surface area contributed by atoms with E-state index in [0.717, 1.165) is 34.1 Å². The molecular formula is C24H19ClN3O. The number of halogens is 1. The maximum Gasteiger partial charge on any atom is 0.253 e. The van der Waals surface area contributed by atoms with Gasteiger partial charge in [-0.15, -0.1) is 0 Å². The molecule has 5 heteroatoms. The molecule has 0 spiro atoms. The molecule has 2 aromatic heterocycles. The van der Waals surface area contributed by atoms with E-state index in [1.807, 2.05) is 48.8 Å². The Hall–Kier alpha value is -3.11. The number of benzene rings is 2. The maximum atomic E-state index is 12.7. The molecule has 1 aliphatic rings. The Balaban J connectivity index is 1.46. The highest BCUT2D eigenvalue weighted by Gasteiger charge is 2.26. The summed E-state index contributed by atoms with van der Waals surface area (Å²) in [5, 5.41) is 4.52. The molecule has 2 heterocycles. The average Bonchev–Trinajstić information content (AvgIpc) is 3.47. The predicted octanol–water partition coefficient (Wildman–Crippen LogP) is 5.11. The number of aromatic nitrogens is 2. The number of pyridine rings is 1. The molecule has 0 aliphatic heterocycles. The lowest BCUT2D eigenvalue weighted by molar-refractivity contribution is 0.0953. The zero-order valence-electron chi connectivity index (χ0n) is 15.7. The first kappa shape index (κ1) is 18.0. The van der Waals surface area contributed by atoms with Gasteiger partial charge in [-0.3, -0.25) is 9.78 Å². The van der Waals surface area contributed by atoms with Crippen LogP contribution in [-0.2, 0) is 6.54 Å². The Bertz CT molecular complexity index is 1180. The molecule has 1 saturated carbocycles. The molecule has 2 aromatic carbocycles. The highest BCUT2D eigenvalue weighted by atomic mass is 35.5. The largest absolute Gasteiger partial charge is 0.349 e. The fraction of sp³-hybridized carbons (Fsp3) is 0.125. The normalized spacial score (nSPS) is 13.6. The first-order chi connectivity index (χ1) is 14.2. The van der Waals surface area contributed by atoms with Gasteiger partial charge in [0.25, 0.3) is 5.91 Å². The van der Waals surface area contributed by atoms with Crippen LogP contribution in [0.2, 0.25) is 5.02 Å². The van der Waals surface area contributed by atoms with Gasteiger partial charge in [0.2, 0.25) is 0 Å². The standard InChI is InChI=1S/C24H19ClN3O/c25-19-12-17-10-11-28(23(17)22(13-19)24(29)27-20-8-9-20)15-21-7-6-18(14-26-21)16-4-2-1-3-5-16/h1-8,10-14,20H,9,15H2,(H,27,29). The molecule has 1 fully saturated rings. The van der Waals surface area contributed by atoms with Crippen LogP contribution in [0.1, 0.15) is 22.5 Å². The number of nitrogens with zero attached hydrogens (tertiary/aromatic N) is 2. The fourth-order valence-corrected chi connectivity index (χ4v) is 3.77. The van der Waals surface area contributed by atoms with Crippen molar-refractivity contribution in [3.05, 3.63) is 95.8 Å². The summed E-state index contributed by atoms with van der Waals surface area (Å²) in [4.78, 5) is 17.4. The highest BCUT2D eigenvalue weighted by molar-refractivity contribution is 6.32. The van der Waals surface area contributed by atoms with Crippen LogP contribution in [-0.4, -0.2) is 21.5 Å². The van der Waals surface area contributed by atoms with Gasteiger partial charge in [-0.25, -0.2) is 0 Å². The van der Waals surface area contributed by atoms with Gasteiger partial charge in [0.15, 0.2) is 0 Å². The van der Waals surface area contributed by atoms with Gasteiger partial charge < -0.3 is 9.88 Å². The van der Waals surface area contributed by atoms with Crippen molar-refractivity contribution in [3.63, 3.8) is 0 Å². The second-order valence-corrected chi connectivity index (χ2v) is 7.73. The molecule has 5 rings (SSSR count). The van der Waals surface area contributed by atoms with E-state index in [9.17, 15) is 4.79 Å². The Labute approximate surface area is 174 Å². The van der Waals surface area contributed by atoms with E-state index in [1.54, 1.807) is 6.07 Å². The van der Waals surface area contributed by atoms with E-state index in [-0.39, 0.29) is 11.9 Å². The van der Waals surface area contributed by atoms with Gasteiger partial charge in [0.05, 0.1) is 23.3 Å². The van der Waals surface area contributed by atoms with Gasteiger partial charge >= 0.3 is 0 Å². The van der Waals surface area contributed by atoms with E-state index in [4.69, 9.17) is 11.6 Å². The van der Waals surface area contributed by atoms with E-state index in [1.165, 1.54) is 0 Å². The maximum absolute atomic E-state index is 12.7. The van der Waals surface area contributed by atoms with Crippen molar-refractivity contribution in [3.8, 4) is 11.1 Å². The summed E-state index contributed by atoms with van der Waals surface area (Å²) in [7, 11) is 0. The molecule has 1 radical (unpaired) electrons.